The van der Waals surface area contributed by atoms with Gasteiger partial charge < -0.3 is 9.80 Å². The van der Waals surface area contributed by atoms with Gasteiger partial charge in [0.2, 0.25) is 0 Å². The number of carbonyl (C=O) groups is 1. The molecule has 4 rings (SSSR count). The van der Waals surface area contributed by atoms with Crippen molar-refractivity contribution in [2.24, 2.45) is 0 Å². The number of anilines is 1. The molecule has 0 saturated carbocycles. The molecule has 31 heavy (non-hydrogen) atoms. The van der Waals surface area contributed by atoms with E-state index in [1.807, 2.05) is 32.9 Å². The van der Waals surface area contributed by atoms with Crippen molar-refractivity contribution >= 4 is 51.7 Å². The van der Waals surface area contributed by atoms with Crippen molar-refractivity contribution in [3.63, 3.8) is 0 Å². The van der Waals surface area contributed by atoms with Gasteiger partial charge in [-0.15, -0.1) is 0 Å². The van der Waals surface area contributed by atoms with Crippen molar-refractivity contribution in [2.75, 3.05) is 37.6 Å². The molecule has 7 nitrogen and oxygen atoms in total. The van der Waals surface area contributed by atoms with Crippen molar-refractivity contribution in [2.45, 2.75) is 33.7 Å². The zero-order valence-electron chi connectivity index (χ0n) is 18.3. The summed E-state index contributed by atoms with van der Waals surface area (Å²) in [7, 11) is 0. The van der Waals surface area contributed by atoms with E-state index in [-0.39, 0.29) is 17.5 Å². The van der Waals surface area contributed by atoms with Gasteiger partial charge in [-0.3, -0.25) is 18.9 Å². The molecule has 0 bridgehead atoms. The Balaban J connectivity index is 1.86. The van der Waals surface area contributed by atoms with E-state index in [1.54, 1.807) is 21.6 Å². The van der Waals surface area contributed by atoms with Crippen LogP contribution in [0.3, 0.4) is 0 Å². The van der Waals surface area contributed by atoms with Crippen LogP contribution in [-0.2, 0) is 4.79 Å². The second kappa shape index (κ2) is 8.72. The largest absolute Gasteiger partial charge is 0.353 e. The molecule has 0 N–H and O–H groups in total. The highest BCUT2D eigenvalue weighted by molar-refractivity contribution is 8.26. The minimum atomic E-state index is -0.170. The van der Waals surface area contributed by atoms with Crippen LogP contribution in [0.4, 0.5) is 5.82 Å². The fourth-order valence-electron chi connectivity index (χ4n) is 4.00. The van der Waals surface area contributed by atoms with Gasteiger partial charge in [0.25, 0.3) is 11.5 Å². The third-order valence-electron chi connectivity index (χ3n) is 5.80. The van der Waals surface area contributed by atoms with Gasteiger partial charge in [-0.25, -0.2) is 4.98 Å². The first-order valence-electron chi connectivity index (χ1n) is 10.6. The molecule has 164 valence electrons. The van der Waals surface area contributed by atoms with Gasteiger partial charge >= 0.3 is 0 Å². The Bertz CT molecular complexity index is 1130. The standard InChI is InChI=1S/C22H27N5O2S2/c1-5-24-9-11-25(12-10-24)19-16(13-17-21(29)27(14(2)3)22(30)31-17)20(28)26-8-6-7-15(4)18(26)23-19/h6-8,13-14H,5,9-12H2,1-4H3/b17-13+. The van der Waals surface area contributed by atoms with E-state index in [4.69, 9.17) is 17.2 Å². The zero-order chi connectivity index (χ0) is 22.3. The van der Waals surface area contributed by atoms with Gasteiger partial charge in [-0.2, -0.15) is 0 Å². The molecule has 2 aliphatic rings. The minimum absolute atomic E-state index is 0.0292. The molecule has 2 saturated heterocycles. The number of rotatable bonds is 4. The number of thioether (sulfide) groups is 1. The number of aromatic nitrogens is 2. The first-order valence-corrected chi connectivity index (χ1v) is 11.8. The SMILES string of the molecule is CCN1CCN(c2nc3c(C)cccn3c(=O)c2/C=C2/SC(=S)N(C(C)C)C2=O)CC1. The fraction of sp³-hybridized carbons (Fsp3) is 0.455. The summed E-state index contributed by atoms with van der Waals surface area (Å²) in [5.74, 6) is 0.491. The Labute approximate surface area is 191 Å². The first-order chi connectivity index (χ1) is 14.8. The Hall–Kier alpha value is -2.23. The number of aryl methyl sites for hydroxylation is 1. The summed E-state index contributed by atoms with van der Waals surface area (Å²) in [5, 5.41) is 0. The topological polar surface area (TPSA) is 61.2 Å². The van der Waals surface area contributed by atoms with E-state index in [0.717, 1.165) is 38.3 Å². The molecule has 0 spiro atoms. The van der Waals surface area contributed by atoms with E-state index in [2.05, 4.69) is 16.7 Å². The van der Waals surface area contributed by atoms with Crippen LogP contribution in [-0.4, -0.2) is 68.2 Å². The van der Waals surface area contributed by atoms with Crippen LogP contribution in [0.1, 0.15) is 31.9 Å². The van der Waals surface area contributed by atoms with Gasteiger partial charge in [0.05, 0.1) is 10.5 Å². The van der Waals surface area contributed by atoms with Crippen LogP contribution < -0.4 is 10.5 Å². The summed E-state index contributed by atoms with van der Waals surface area (Å²) in [4.78, 5) is 38.0. The number of hydrogen-bond donors (Lipinski definition) is 0. The average Bonchev–Trinajstić information content (AvgIpc) is 3.03. The van der Waals surface area contributed by atoms with E-state index in [9.17, 15) is 9.59 Å². The zero-order valence-corrected chi connectivity index (χ0v) is 19.9. The number of fused-ring (bicyclic) bond motifs is 1. The van der Waals surface area contributed by atoms with Crippen LogP contribution in [0.5, 0.6) is 0 Å². The fourth-order valence-corrected chi connectivity index (χ4v) is 5.51. The highest BCUT2D eigenvalue weighted by Crippen LogP contribution is 2.34. The second-order valence-corrected chi connectivity index (χ2v) is 9.78. The molecular weight excluding hydrogens is 430 g/mol. The van der Waals surface area contributed by atoms with Crippen LogP contribution in [0.2, 0.25) is 0 Å². The lowest BCUT2D eigenvalue weighted by Gasteiger charge is -2.35. The summed E-state index contributed by atoms with van der Waals surface area (Å²) in [6, 6.07) is 3.76. The van der Waals surface area contributed by atoms with Gasteiger partial charge in [-0.1, -0.05) is 37.0 Å². The average molecular weight is 458 g/mol. The Morgan fingerprint density at radius 3 is 2.55 bits per heavy atom. The van der Waals surface area contributed by atoms with Gasteiger partial charge in [0.1, 0.15) is 15.8 Å². The lowest BCUT2D eigenvalue weighted by atomic mass is 10.2. The molecule has 9 heteroatoms. The lowest BCUT2D eigenvalue weighted by Crippen LogP contribution is -2.47. The molecule has 0 atom stereocenters. The van der Waals surface area contributed by atoms with E-state index in [1.165, 1.54) is 11.8 Å². The highest BCUT2D eigenvalue weighted by atomic mass is 32.2. The first kappa shape index (κ1) is 22.0. The molecule has 4 heterocycles. The number of piperazine rings is 1. The smallest absolute Gasteiger partial charge is 0.267 e. The van der Waals surface area contributed by atoms with E-state index < -0.39 is 0 Å². The third-order valence-corrected chi connectivity index (χ3v) is 7.13. The quantitative estimate of drug-likeness (QED) is 0.517. The summed E-state index contributed by atoms with van der Waals surface area (Å²) < 4.78 is 2.09. The maximum Gasteiger partial charge on any atom is 0.267 e. The molecule has 0 unspecified atom stereocenters. The second-order valence-electron chi connectivity index (χ2n) is 8.11. The van der Waals surface area contributed by atoms with Crippen molar-refractivity contribution in [1.82, 2.24) is 19.2 Å². The lowest BCUT2D eigenvalue weighted by molar-refractivity contribution is -0.123. The van der Waals surface area contributed by atoms with Gasteiger partial charge in [-0.05, 0) is 45.0 Å². The molecule has 2 aromatic rings. The number of thiocarbonyl (C=S) groups is 1. The van der Waals surface area contributed by atoms with E-state index >= 15 is 0 Å². The van der Waals surface area contributed by atoms with Crippen molar-refractivity contribution in [3.8, 4) is 0 Å². The maximum atomic E-state index is 13.5. The number of likely N-dealkylation sites (N-methyl/N-ethyl adjacent to an activating group) is 1. The molecule has 2 fully saturated rings. The van der Waals surface area contributed by atoms with Crippen molar-refractivity contribution < 1.29 is 4.79 Å². The van der Waals surface area contributed by atoms with Crippen LogP contribution >= 0.6 is 24.0 Å². The minimum Gasteiger partial charge on any atom is -0.353 e. The highest BCUT2D eigenvalue weighted by Gasteiger charge is 2.34. The Morgan fingerprint density at radius 2 is 1.94 bits per heavy atom. The number of pyridine rings is 1. The number of amides is 1. The molecule has 1 amide bonds. The van der Waals surface area contributed by atoms with Crippen LogP contribution in [0.15, 0.2) is 28.0 Å². The van der Waals surface area contributed by atoms with E-state index in [0.29, 0.717) is 26.3 Å². The Morgan fingerprint density at radius 1 is 1.23 bits per heavy atom. The predicted octanol–water partition coefficient (Wildman–Crippen LogP) is 2.75. The normalized spacial score (nSPS) is 19.5. The van der Waals surface area contributed by atoms with Crippen molar-refractivity contribution in [1.29, 1.82) is 0 Å². The predicted molar refractivity (Wildman–Crippen MR) is 131 cm³/mol. The molecule has 2 aromatic heterocycles. The number of hydrogen-bond acceptors (Lipinski definition) is 7. The summed E-state index contributed by atoms with van der Waals surface area (Å²) in [6.45, 7) is 12.4. The third kappa shape index (κ3) is 4.02. The number of carbonyl (C=O) groups excluding carboxylic acids is 1. The summed E-state index contributed by atoms with van der Waals surface area (Å²) in [6.07, 6.45) is 3.42. The molecular formula is C22H27N5O2S2. The molecule has 0 radical (unpaired) electrons. The molecule has 0 aromatic carbocycles. The van der Waals surface area contributed by atoms with Gasteiger partial charge in [0.15, 0.2) is 0 Å². The number of nitrogens with zero attached hydrogens (tertiary/aromatic N) is 5. The van der Waals surface area contributed by atoms with Crippen molar-refractivity contribution in [3.05, 3.63) is 44.7 Å². The summed E-state index contributed by atoms with van der Waals surface area (Å²) in [5.41, 5.74) is 1.85. The van der Waals surface area contributed by atoms with Crippen LogP contribution in [0.25, 0.3) is 11.7 Å². The monoisotopic (exact) mass is 457 g/mol. The molecule has 0 aliphatic carbocycles. The maximum absolute atomic E-state index is 13.5. The molecule has 2 aliphatic heterocycles. The van der Waals surface area contributed by atoms with Crippen LogP contribution in [0, 0.1) is 6.92 Å². The Kier molecular flexibility index (Phi) is 6.18. The van der Waals surface area contributed by atoms with Gasteiger partial charge in [0, 0.05) is 38.4 Å². The summed E-state index contributed by atoms with van der Waals surface area (Å²) >= 11 is 6.66.